The van der Waals surface area contributed by atoms with Gasteiger partial charge in [0.05, 0.1) is 31.3 Å². The number of nitrogens with zero attached hydrogens (tertiary/aromatic N) is 4. The van der Waals surface area contributed by atoms with Crippen LogP contribution < -0.4 is 15.0 Å². The predicted molar refractivity (Wildman–Crippen MR) is 143 cm³/mol. The molecule has 2 aliphatic heterocycles. The fraction of sp³-hybridized carbons (Fsp3) is 0.393. The lowest BCUT2D eigenvalue weighted by Gasteiger charge is -2.34. The van der Waals surface area contributed by atoms with Gasteiger partial charge >= 0.3 is 0 Å². The number of hydrogen-bond acceptors (Lipinski definition) is 6. The van der Waals surface area contributed by atoms with Crippen LogP contribution in [0.25, 0.3) is 0 Å². The summed E-state index contributed by atoms with van der Waals surface area (Å²) in [4.78, 5) is 32.8. The number of carbonyl (C=O) groups is 2. The third-order valence-electron chi connectivity index (χ3n) is 7.49. The Morgan fingerprint density at radius 2 is 1.81 bits per heavy atom. The lowest BCUT2D eigenvalue weighted by molar-refractivity contribution is -0.135. The number of ether oxygens (including phenoxy) is 1. The normalized spacial score (nSPS) is 17.0. The molecule has 2 aliphatic rings. The molecule has 2 aromatic carbocycles. The van der Waals surface area contributed by atoms with Gasteiger partial charge in [-0.05, 0) is 62.9 Å². The first-order chi connectivity index (χ1) is 17.8. The summed E-state index contributed by atoms with van der Waals surface area (Å²) in [5.41, 5.74) is 3.68. The minimum atomic E-state index is -0.578. The Kier molecular flexibility index (Phi) is 6.64. The highest BCUT2D eigenvalue weighted by atomic mass is 16.5. The Morgan fingerprint density at radius 1 is 1.08 bits per heavy atom. The predicted octanol–water partition coefficient (Wildman–Crippen LogP) is 3.24. The molecular weight excluding hydrogens is 468 g/mol. The first-order valence-corrected chi connectivity index (χ1v) is 12.6. The van der Waals surface area contributed by atoms with Crippen LogP contribution in [0.15, 0.2) is 48.5 Å². The maximum absolute atomic E-state index is 13.3. The highest BCUT2D eigenvalue weighted by Gasteiger charge is 2.43. The lowest BCUT2D eigenvalue weighted by atomic mass is 10.00. The summed E-state index contributed by atoms with van der Waals surface area (Å²) in [6.45, 7) is 8.37. The second kappa shape index (κ2) is 9.89. The monoisotopic (exact) mass is 502 g/mol. The van der Waals surface area contributed by atoms with Crippen molar-refractivity contribution in [3.63, 3.8) is 0 Å². The molecule has 0 aliphatic carbocycles. The molecule has 1 saturated heterocycles. The van der Waals surface area contributed by atoms with E-state index in [1.165, 1.54) is 0 Å². The maximum Gasteiger partial charge on any atom is 0.256 e. The number of methoxy groups -OCH3 is 1. The molecule has 0 radical (unpaired) electrons. The van der Waals surface area contributed by atoms with Crippen molar-refractivity contribution >= 4 is 23.3 Å². The van der Waals surface area contributed by atoms with Crippen LogP contribution in [0.4, 0.5) is 11.5 Å². The van der Waals surface area contributed by atoms with E-state index in [9.17, 15) is 9.59 Å². The number of amides is 2. The number of carbonyl (C=O) groups excluding carboxylic acids is 2. The fourth-order valence-corrected chi connectivity index (χ4v) is 5.14. The van der Waals surface area contributed by atoms with Crippen LogP contribution >= 0.6 is 0 Å². The Bertz CT molecular complexity index is 1290. The van der Waals surface area contributed by atoms with E-state index in [2.05, 4.69) is 32.4 Å². The summed E-state index contributed by atoms with van der Waals surface area (Å²) in [5, 5.41) is 10.4. The van der Waals surface area contributed by atoms with Crippen molar-refractivity contribution in [3.8, 4) is 5.75 Å². The minimum absolute atomic E-state index is 0.000347. The molecule has 37 heavy (non-hydrogen) atoms. The van der Waals surface area contributed by atoms with E-state index in [-0.39, 0.29) is 18.2 Å². The Balaban J connectivity index is 1.26. The van der Waals surface area contributed by atoms with Gasteiger partial charge in [-0.1, -0.05) is 12.1 Å². The molecule has 194 valence electrons. The number of aromatic amines is 1. The summed E-state index contributed by atoms with van der Waals surface area (Å²) in [5.74, 6) is 0.965. The van der Waals surface area contributed by atoms with Gasteiger partial charge in [0, 0.05) is 43.0 Å². The van der Waals surface area contributed by atoms with Crippen LogP contribution in [0.2, 0.25) is 0 Å². The third-order valence-corrected chi connectivity index (χ3v) is 7.49. The molecule has 9 heteroatoms. The van der Waals surface area contributed by atoms with Crippen LogP contribution in [0.3, 0.4) is 0 Å². The van der Waals surface area contributed by atoms with Crippen LogP contribution in [-0.4, -0.2) is 72.1 Å². The summed E-state index contributed by atoms with van der Waals surface area (Å²) in [6, 6.07) is 15.2. The van der Waals surface area contributed by atoms with Crippen molar-refractivity contribution in [1.29, 1.82) is 0 Å². The van der Waals surface area contributed by atoms with Gasteiger partial charge in [-0.2, -0.15) is 5.10 Å². The SMILES string of the molecule is COc1cccc(CC(=O)N2Cc3c(NC(=O)c4ccc(N5CCN(C)CC5)cc4)n[nH]c3C2(C)C)c1. The second-order valence-electron chi connectivity index (χ2n) is 10.3. The van der Waals surface area contributed by atoms with Gasteiger partial charge in [-0.25, -0.2) is 0 Å². The van der Waals surface area contributed by atoms with E-state index in [1.54, 1.807) is 7.11 Å². The minimum Gasteiger partial charge on any atom is -0.497 e. The van der Waals surface area contributed by atoms with Crippen molar-refractivity contribution in [1.82, 2.24) is 20.0 Å². The molecule has 0 atom stereocenters. The molecular formula is C28H34N6O3. The molecule has 2 N–H and O–H groups in total. The first kappa shape index (κ1) is 24.8. The second-order valence-corrected chi connectivity index (χ2v) is 10.3. The van der Waals surface area contributed by atoms with Gasteiger partial charge < -0.3 is 24.8 Å². The number of aromatic nitrogens is 2. The fourth-order valence-electron chi connectivity index (χ4n) is 5.14. The smallest absolute Gasteiger partial charge is 0.256 e. The van der Waals surface area contributed by atoms with Crippen molar-refractivity contribution in [2.75, 3.05) is 50.6 Å². The van der Waals surface area contributed by atoms with Gasteiger partial charge in [0.15, 0.2) is 5.82 Å². The zero-order valence-corrected chi connectivity index (χ0v) is 21.9. The molecule has 0 spiro atoms. The molecule has 5 rings (SSSR count). The molecule has 0 saturated carbocycles. The summed E-state index contributed by atoms with van der Waals surface area (Å²) >= 11 is 0. The Labute approximate surface area is 217 Å². The van der Waals surface area contributed by atoms with E-state index >= 15 is 0 Å². The zero-order valence-electron chi connectivity index (χ0n) is 21.9. The molecule has 1 fully saturated rings. The van der Waals surface area contributed by atoms with Crippen molar-refractivity contribution in [2.24, 2.45) is 0 Å². The van der Waals surface area contributed by atoms with E-state index in [1.807, 2.05) is 67.3 Å². The van der Waals surface area contributed by atoms with Crippen LogP contribution in [-0.2, 0) is 23.3 Å². The van der Waals surface area contributed by atoms with Crippen molar-refractivity contribution in [3.05, 3.63) is 70.9 Å². The molecule has 3 heterocycles. The van der Waals surface area contributed by atoms with Gasteiger partial charge in [-0.3, -0.25) is 14.7 Å². The van der Waals surface area contributed by atoms with Crippen LogP contribution in [0.1, 0.15) is 41.0 Å². The average molecular weight is 503 g/mol. The standard InChI is InChI=1S/C28H34N6O3/c1-28(2)25-23(18-34(28)24(35)17-19-6-5-7-22(16-19)37-4)26(31-30-25)29-27(36)20-8-10-21(11-9-20)33-14-12-32(3)13-15-33/h5-11,16H,12-15,17-18H2,1-4H3,(H2,29,30,31,36). The number of hydrogen-bond donors (Lipinski definition) is 2. The largest absolute Gasteiger partial charge is 0.497 e. The zero-order chi connectivity index (χ0) is 26.2. The lowest BCUT2D eigenvalue weighted by Crippen LogP contribution is -2.44. The molecule has 1 aromatic heterocycles. The number of benzene rings is 2. The van der Waals surface area contributed by atoms with E-state index in [0.29, 0.717) is 17.9 Å². The molecule has 2 amide bonds. The van der Waals surface area contributed by atoms with Crippen LogP contribution in [0.5, 0.6) is 5.75 Å². The van der Waals surface area contributed by atoms with Gasteiger partial charge in [0.1, 0.15) is 5.75 Å². The quantitative estimate of drug-likeness (QED) is 0.538. The van der Waals surface area contributed by atoms with E-state index in [4.69, 9.17) is 4.74 Å². The van der Waals surface area contributed by atoms with Crippen molar-refractivity contribution < 1.29 is 14.3 Å². The summed E-state index contributed by atoms with van der Waals surface area (Å²) in [6.07, 6.45) is 0.264. The Hall–Kier alpha value is -3.85. The van der Waals surface area contributed by atoms with E-state index < -0.39 is 5.54 Å². The number of likely N-dealkylation sites (N-methyl/N-ethyl adjacent to an activating group) is 1. The number of H-pyrrole nitrogens is 1. The first-order valence-electron chi connectivity index (χ1n) is 12.6. The highest BCUT2D eigenvalue weighted by molar-refractivity contribution is 6.04. The summed E-state index contributed by atoms with van der Waals surface area (Å²) < 4.78 is 5.29. The topological polar surface area (TPSA) is 93.8 Å². The average Bonchev–Trinajstić information content (AvgIpc) is 3.42. The molecule has 3 aromatic rings. The number of piperazine rings is 1. The van der Waals surface area contributed by atoms with E-state index in [0.717, 1.165) is 54.4 Å². The number of anilines is 2. The summed E-state index contributed by atoms with van der Waals surface area (Å²) in [7, 11) is 3.75. The highest BCUT2D eigenvalue weighted by Crippen LogP contribution is 2.41. The van der Waals surface area contributed by atoms with Gasteiger partial charge in [-0.15, -0.1) is 0 Å². The molecule has 9 nitrogen and oxygen atoms in total. The number of nitrogens with one attached hydrogen (secondary N) is 2. The number of rotatable bonds is 6. The van der Waals surface area contributed by atoms with Gasteiger partial charge in [0.25, 0.3) is 5.91 Å². The molecule has 0 unspecified atom stereocenters. The van der Waals surface area contributed by atoms with Crippen molar-refractivity contribution in [2.45, 2.75) is 32.4 Å². The Morgan fingerprint density at radius 3 is 2.51 bits per heavy atom. The molecule has 0 bridgehead atoms. The maximum atomic E-state index is 13.3. The third kappa shape index (κ3) is 4.91. The number of fused-ring (bicyclic) bond motifs is 1. The van der Waals surface area contributed by atoms with Gasteiger partial charge in [0.2, 0.25) is 5.91 Å². The van der Waals surface area contributed by atoms with Crippen LogP contribution in [0, 0.1) is 0 Å².